The van der Waals surface area contributed by atoms with E-state index in [1.807, 2.05) is 49.6 Å². The molecule has 20 heavy (non-hydrogen) atoms. The number of nitrogens with zero attached hydrogens (tertiary/aromatic N) is 3. The van der Waals surface area contributed by atoms with Crippen LogP contribution in [-0.2, 0) is 0 Å². The molecule has 0 amide bonds. The Balaban J connectivity index is 1.86. The maximum Gasteiger partial charge on any atom is 0.207 e. The van der Waals surface area contributed by atoms with Crippen molar-refractivity contribution in [2.24, 2.45) is 0 Å². The number of nitrogens with one attached hydrogen (secondary N) is 1. The largest absolute Gasteiger partial charge is 0.326 e. The van der Waals surface area contributed by atoms with E-state index in [0.29, 0.717) is 0 Å². The Kier molecular flexibility index (Phi) is 3.52. The van der Waals surface area contributed by atoms with Gasteiger partial charge in [-0.05, 0) is 26.0 Å². The first-order valence-electron chi connectivity index (χ1n) is 6.51. The zero-order valence-electron chi connectivity index (χ0n) is 11.4. The number of benzene rings is 1. The van der Waals surface area contributed by atoms with Gasteiger partial charge in [-0.3, -0.25) is 0 Å². The van der Waals surface area contributed by atoms with Crippen molar-refractivity contribution in [3.63, 3.8) is 0 Å². The molecule has 2 heterocycles. The van der Waals surface area contributed by atoms with Crippen LogP contribution in [0.3, 0.4) is 0 Å². The van der Waals surface area contributed by atoms with E-state index in [1.165, 1.54) is 0 Å². The molecule has 1 N–H and O–H groups in total. The molecule has 3 rings (SSSR count). The number of aryl methyl sites for hydroxylation is 1. The average molecular weight is 284 g/mol. The molecule has 1 aromatic carbocycles. The molecule has 0 aliphatic heterocycles. The van der Waals surface area contributed by atoms with Gasteiger partial charge in [0, 0.05) is 29.2 Å². The Morgan fingerprint density at radius 3 is 2.75 bits per heavy atom. The summed E-state index contributed by atoms with van der Waals surface area (Å²) in [5.74, 6) is 0.830. The van der Waals surface area contributed by atoms with Crippen LogP contribution in [0.15, 0.2) is 48.1 Å². The van der Waals surface area contributed by atoms with Crippen LogP contribution in [0.2, 0.25) is 0 Å². The van der Waals surface area contributed by atoms with Crippen molar-refractivity contribution in [1.29, 1.82) is 0 Å². The van der Waals surface area contributed by atoms with Crippen molar-refractivity contribution < 1.29 is 0 Å². The van der Waals surface area contributed by atoms with Gasteiger partial charge in [0.1, 0.15) is 5.01 Å². The Labute approximate surface area is 122 Å². The minimum atomic E-state index is 0.169. The third kappa shape index (κ3) is 2.58. The Morgan fingerprint density at radius 2 is 2.05 bits per heavy atom. The van der Waals surface area contributed by atoms with Gasteiger partial charge >= 0.3 is 0 Å². The summed E-state index contributed by atoms with van der Waals surface area (Å²) in [5, 5.41) is 6.51. The van der Waals surface area contributed by atoms with Crippen LogP contribution in [0, 0.1) is 6.92 Å². The molecule has 0 fully saturated rings. The van der Waals surface area contributed by atoms with Gasteiger partial charge in [-0.2, -0.15) is 0 Å². The standard InChI is InChI=1S/C15H16N4S/c1-11-10-20-14(17-11)12(2)19-9-8-16-15(19)18-13-6-4-3-5-7-13/h3-10,12H,1-2H3,(H,16,18). The molecule has 1 unspecified atom stereocenters. The van der Waals surface area contributed by atoms with Crippen LogP contribution < -0.4 is 5.32 Å². The summed E-state index contributed by atoms with van der Waals surface area (Å²) in [6, 6.07) is 10.2. The summed E-state index contributed by atoms with van der Waals surface area (Å²) in [5.41, 5.74) is 2.09. The number of para-hydroxylation sites is 1. The van der Waals surface area contributed by atoms with Gasteiger partial charge in [0.25, 0.3) is 0 Å². The number of aromatic nitrogens is 3. The third-order valence-electron chi connectivity index (χ3n) is 3.11. The normalized spacial score (nSPS) is 12.3. The molecule has 0 saturated carbocycles. The lowest BCUT2D eigenvalue weighted by Gasteiger charge is -2.15. The number of rotatable bonds is 4. The Bertz CT molecular complexity index is 687. The van der Waals surface area contributed by atoms with E-state index in [9.17, 15) is 0 Å². The SMILES string of the molecule is Cc1csc(C(C)n2ccnc2Nc2ccccc2)n1. The minimum Gasteiger partial charge on any atom is -0.326 e. The highest BCUT2D eigenvalue weighted by molar-refractivity contribution is 7.09. The lowest BCUT2D eigenvalue weighted by atomic mass is 10.3. The summed E-state index contributed by atoms with van der Waals surface area (Å²) in [7, 11) is 0. The van der Waals surface area contributed by atoms with Gasteiger partial charge in [-0.15, -0.1) is 11.3 Å². The Morgan fingerprint density at radius 1 is 1.25 bits per heavy atom. The van der Waals surface area contributed by atoms with Gasteiger partial charge in [0.2, 0.25) is 5.95 Å². The summed E-state index contributed by atoms with van der Waals surface area (Å²) in [6.07, 6.45) is 3.79. The van der Waals surface area contributed by atoms with Crippen LogP contribution in [0.5, 0.6) is 0 Å². The van der Waals surface area contributed by atoms with Crippen molar-refractivity contribution in [2.75, 3.05) is 5.32 Å². The monoisotopic (exact) mass is 284 g/mol. The topological polar surface area (TPSA) is 42.7 Å². The van der Waals surface area contributed by atoms with E-state index in [1.54, 1.807) is 11.3 Å². The van der Waals surface area contributed by atoms with E-state index in [4.69, 9.17) is 0 Å². The maximum absolute atomic E-state index is 4.56. The zero-order chi connectivity index (χ0) is 13.9. The van der Waals surface area contributed by atoms with Gasteiger partial charge in [0.05, 0.1) is 6.04 Å². The summed E-state index contributed by atoms with van der Waals surface area (Å²) >= 11 is 1.68. The fourth-order valence-corrected chi connectivity index (χ4v) is 2.91. The van der Waals surface area contributed by atoms with Gasteiger partial charge in [0.15, 0.2) is 0 Å². The molecule has 0 saturated heterocycles. The van der Waals surface area contributed by atoms with E-state index in [-0.39, 0.29) is 6.04 Å². The molecular formula is C15H16N4S. The molecule has 2 aromatic heterocycles. The zero-order valence-corrected chi connectivity index (χ0v) is 12.3. The highest BCUT2D eigenvalue weighted by Gasteiger charge is 2.15. The first-order valence-corrected chi connectivity index (χ1v) is 7.39. The van der Waals surface area contributed by atoms with Crippen LogP contribution >= 0.6 is 11.3 Å². The van der Waals surface area contributed by atoms with Crippen molar-refractivity contribution in [2.45, 2.75) is 19.9 Å². The fourth-order valence-electron chi connectivity index (χ4n) is 2.06. The number of thiazole rings is 1. The van der Waals surface area contributed by atoms with Gasteiger partial charge in [-0.1, -0.05) is 18.2 Å². The predicted octanol–water partition coefficient (Wildman–Crippen LogP) is 4.00. The maximum atomic E-state index is 4.56. The number of imidazole rings is 1. The van der Waals surface area contributed by atoms with Crippen LogP contribution in [0.25, 0.3) is 0 Å². The molecule has 102 valence electrons. The Hall–Kier alpha value is -2.14. The lowest BCUT2D eigenvalue weighted by Crippen LogP contribution is -2.09. The second-order valence-electron chi connectivity index (χ2n) is 4.65. The molecule has 0 bridgehead atoms. The second kappa shape index (κ2) is 5.46. The van der Waals surface area contributed by atoms with E-state index >= 15 is 0 Å². The molecular weight excluding hydrogens is 268 g/mol. The molecule has 3 aromatic rings. The fraction of sp³-hybridized carbons (Fsp3) is 0.200. The number of anilines is 2. The molecule has 0 aliphatic carbocycles. The third-order valence-corrected chi connectivity index (χ3v) is 4.24. The van der Waals surface area contributed by atoms with Crippen molar-refractivity contribution in [3.8, 4) is 0 Å². The molecule has 4 nitrogen and oxygen atoms in total. The summed E-state index contributed by atoms with van der Waals surface area (Å²) in [6.45, 7) is 4.15. The van der Waals surface area contributed by atoms with Crippen molar-refractivity contribution in [1.82, 2.24) is 14.5 Å². The van der Waals surface area contributed by atoms with Crippen molar-refractivity contribution >= 4 is 23.0 Å². The highest BCUT2D eigenvalue weighted by atomic mass is 32.1. The summed E-state index contributed by atoms with van der Waals surface area (Å²) < 4.78 is 2.10. The van der Waals surface area contributed by atoms with E-state index in [0.717, 1.165) is 22.3 Å². The quantitative estimate of drug-likeness (QED) is 0.787. The van der Waals surface area contributed by atoms with Gasteiger partial charge < -0.3 is 9.88 Å². The molecule has 0 aliphatic rings. The molecule has 0 spiro atoms. The smallest absolute Gasteiger partial charge is 0.207 e. The van der Waals surface area contributed by atoms with Crippen LogP contribution in [0.4, 0.5) is 11.6 Å². The predicted molar refractivity (Wildman–Crippen MR) is 82.6 cm³/mol. The van der Waals surface area contributed by atoms with E-state index < -0.39 is 0 Å². The average Bonchev–Trinajstić information content (AvgIpc) is 3.08. The van der Waals surface area contributed by atoms with E-state index in [2.05, 4.69) is 32.2 Å². The van der Waals surface area contributed by atoms with Crippen LogP contribution in [-0.4, -0.2) is 14.5 Å². The molecule has 1 atom stereocenters. The molecule has 0 radical (unpaired) electrons. The van der Waals surface area contributed by atoms with Crippen LogP contribution in [0.1, 0.15) is 23.7 Å². The number of hydrogen-bond donors (Lipinski definition) is 1. The first-order chi connectivity index (χ1) is 9.74. The highest BCUT2D eigenvalue weighted by Crippen LogP contribution is 2.25. The van der Waals surface area contributed by atoms with Gasteiger partial charge in [-0.25, -0.2) is 9.97 Å². The minimum absolute atomic E-state index is 0.169. The molecule has 5 heteroatoms. The first kappa shape index (κ1) is 12.9. The number of hydrogen-bond acceptors (Lipinski definition) is 4. The second-order valence-corrected chi connectivity index (χ2v) is 5.54. The lowest BCUT2D eigenvalue weighted by molar-refractivity contribution is 0.641. The summed E-state index contributed by atoms with van der Waals surface area (Å²) in [4.78, 5) is 8.95. The van der Waals surface area contributed by atoms with Crippen molar-refractivity contribution in [3.05, 3.63) is 58.8 Å².